The number of carbonyl (C=O) groups excluding carboxylic acids is 2. The summed E-state index contributed by atoms with van der Waals surface area (Å²) in [7, 11) is 0. The number of nitrogens with one attached hydrogen (secondary N) is 1. The van der Waals surface area contributed by atoms with E-state index in [0.717, 1.165) is 5.56 Å². The number of carboxylic acids is 1. The summed E-state index contributed by atoms with van der Waals surface area (Å²) in [6, 6.07) is 8.53. The number of thiocarbonyl (C=S) groups is 1. The van der Waals surface area contributed by atoms with Crippen molar-refractivity contribution in [2.24, 2.45) is 0 Å². The van der Waals surface area contributed by atoms with E-state index in [2.05, 4.69) is 5.32 Å². The fourth-order valence-corrected chi connectivity index (χ4v) is 3.73. The molecule has 138 valence electrons. The van der Waals surface area contributed by atoms with Crippen LogP contribution in [0.25, 0.3) is 6.08 Å². The summed E-state index contributed by atoms with van der Waals surface area (Å²) in [5, 5.41) is 11.6. The van der Waals surface area contributed by atoms with E-state index in [1.165, 1.54) is 16.7 Å². The lowest BCUT2D eigenvalue weighted by atomic mass is 10.1. The second-order valence-corrected chi connectivity index (χ2v) is 7.42. The van der Waals surface area contributed by atoms with Crippen LogP contribution in [0, 0.1) is 0 Å². The Morgan fingerprint density at radius 1 is 1.35 bits per heavy atom. The molecule has 8 heteroatoms. The fraction of sp³-hybridized carbons (Fsp3) is 0.333. The third-order valence-corrected chi connectivity index (χ3v) is 5.12. The van der Waals surface area contributed by atoms with Crippen molar-refractivity contribution in [2.75, 3.05) is 6.54 Å². The van der Waals surface area contributed by atoms with Crippen LogP contribution >= 0.6 is 24.0 Å². The first kappa shape index (κ1) is 20.1. The van der Waals surface area contributed by atoms with E-state index in [9.17, 15) is 14.4 Å². The molecule has 1 heterocycles. The maximum absolute atomic E-state index is 12.5. The van der Waals surface area contributed by atoms with E-state index >= 15 is 0 Å². The lowest BCUT2D eigenvalue weighted by molar-refractivity contribution is -0.142. The van der Waals surface area contributed by atoms with Gasteiger partial charge in [-0.1, -0.05) is 67.7 Å². The average Bonchev–Trinajstić information content (AvgIpc) is 2.87. The molecule has 0 spiro atoms. The van der Waals surface area contributed by atoms with Crippen molar-refractivity contribution in [3.63, 3.8) is 0 Å². The first-order valence-corrected chi connectivity index (χ1v) is 9.47. The number of rotatable bonds is 8. The van der Waals surface area contributed by atoms with E-state index < -0.39 is 17.9 Å². The van der Waals surface area contributed by atoms with Gasteiger partial charge in [0.2, 0.25) is 5.91 Å². The van der Waals surface area contributed by atoms with Gasteiger partial charge < -0.3 is 10.4 Å². The average molecular weight is 393 g/mol. The number of aliphatic carboxylic acids is 1. The number of benzene rings is 1. The van der Waals surface area contributed by atoms with Crippen molar-refractivity contribution < 1.29 is 19.5 Å². The van der Waals surface area contributed by atoms with Gasteiger partial charge in [0, 0.05) is 13.0 Å². The van der Waals surface area contributed by atoms with Crippen LogP contribution in [0.3, 0.4) is 0 Å². The van der Waals surface area contributed by atoms with Crippen LogP contribution in [0.2, 0.25) is 0 Å². The summed E-state index contributed by atoms with van der Waals surface area (Å²) in [4.78, 5) is 37.5. The van der Waals surface area contributed by atoms with Gasteiger partial charge in [0.15, 0.2) is 0 Å². The first-order valence-electron chi connectivity index (χ1n) is 8.25. The second-order valence-electron chi connectivity index (χ2n) is 5.74. The summed E-state index contributed by atoms with van der Waals surface area (Å²) in [6.07, 6.45) is 2.78. The molecule has 26 heavy (non-hydrogen) atoms. The molecule has 0 aromatic heterocycles. The molecule has 0 aliphatic carbocycles. The minimum atomic E-state index is -1.06. The summed E-state index contributed by atoms with van der Waals surface area (Å²) in [6.45, 7) is 1.97. The highest BCUT2D eigenvalue weighted by Crippen LogP contribution is 2.32. The SMILES string of the molecule is CCCC(NC(=O)CCN1C(=O)/C(=C/c2ccccc2)SC1=S)C(=O)O. The lowest BCUT2D eigenvalue weighted by Crippen LogP contribution is -2.42. The normalized spacial score (nSPS) is 16.8. The summed E-state index contributed by atoms with van der Waals surface area (Å²) in [5.41, 5.74) is 0.898. The Labute approximate surface area is 161 Å². The van der Waals surface area contributed by atoms with Gasteiger partial charge >= 0.3 is 5.97 Å². The number of hydrogen-bond acceptors (Lipinski definition) is 5. The van der Waals surface area contributed by atoms with E-state index in [1.54, 1.807) is 6.08 Å². The Morgan fingerprint density at radius 3 is 2.65 bits per heavy atom. The third-order valence-electron chi connectivity index (χ3n) is 3.74. The number of thioether (sulfide) groups is 1. The topological polar surface area (TPSA) is 86.7 Å². The van der Waals surface area contributed by atoms with Gasteiger partial charge in [0.05, 0.1) is 4.91 Å². The van der Waals surface area contributed by atoms with Crippen LogP contribution in [-0.2, 0) is 14.4 Å². The Hall–Kier alpha value is -2.19. The third kappa shape index (κ3) is 5.40. The van der Waals surface area contributed by atoms with Gasteiger partial charge in [-0.3, -0.25) is 14.5 Å². The molecule has 1 aliphatic rings. The van der Waals surface area contributed by atoms with Crippen LogP contribution in [0.5, 0.6) is 0 Å². The van der Waals surface area contributed by atoms with Crippen molar-refractivity contribution in [1.29, 1.82) is 0 Å². The molecule has 2 N–H and O–H groups in total. The summed E-state index contributed by atoms with van der Waals surface area (Å²) in [5.74, 6) is -1.71. The zero-order valence-corrected chi connectivity index (χ0v) is 15.9. The molecule has 0 saturated carbocycles. The largest absolute Gasteiger partial charge is 0.480 e. The molecule has 2 rings (SSSR count). The second kappa shape index (κ2) is 9.49. The van der Waals surface area contributed by atoms with Crippen molar-refractivity contribution in [2.45, 2.75) is 32.2 Å². The Kier molecular flexibility index (Phi) is 7.35. The minimum absolute atomic E-state index is 0.00144. The highest BCUT2D eigenvalue weighted by Gasteiger charge is 2.32. The predicted octanol–water partition coefficient (Wildman–Crippen LogP) is 2.65. The molecule has 1 aromatic carbocycles. The molecular weight excluding hydrogens is 372 g/mol. The first-order chi connectivity index (χ1) is 12.4. The van der Waals surface area contributed by atoms with E-state index in [-0.39, 0.29) is 18.9 Å². The van der Waals surface area contributed by atoms with Gasteiger partial charge in [-0.25, -0.2) is 4.79 Å². The maximum atomic E-state index is 12.5. The summed E-state index contributed by atoms with van der Waals surface area (Å²) >= 11 is 6.43. The molecule has 1 fully saturated rings. The van der Waals surface area contributed by atoms with E-state index in [4.69, 9.17) is 17.3 Å². The molecule has 2 amide bonds. The van der Waals surface area contributed by atoms with Crippen LogP contribution in [0.1, 0.15) is 31.7 Å². The molecule has 1 unspecified atom stereocenters. The van der Waals surface area contributed by atoms with Crippen LogP contribution in [-0.4, -0.2) is 44.7 Å². The van der Waals surface area contributed by atoms with Crippen LogP contribution < -0.4 is 5.32 Å². The highest BCUT2D eigenvalue weighted by atomic mass is 32.2. The Morgan fingerprint density at radius 2 is 2.04 bits per heavy atom. The molecule has 1 atom stereocenters. The zero-order valence-electron chi connectivity index (χ0n) is 14.3. The number of carboxylic acid groups (broad SMARTS) is 1. The Balaban J connectivity index is 1.94. The minimum Gasteiger partial charge on any atom is -0.480 e. The van der Waals surface area contributed by atoms with Gasteiger partial charge in [0.25, 0.3) is 5.91 Å². The van der Waals surface area contributed by atoms with Crippen molar-refractivity contribution in [3.8, 4) is 0 Å². The molecule has 1 saturated heterocycles. The van der Waals surface area contributed by atoms with Gasteiger partial charge in [-0.2, -0.15) is 0 Å². The van der Waals surface area contributed by atoms with Crippen molar-refractivity contribution >= 4 is 52.2 Å². The van der Waals surface area contributed by atoms with Crippen molar-refractivity contribution in [1.82, 2.24) is 10.2 Å². The molecular formula is C18H20N2O4S2. The number of carbonyl (C=O) groups is 3. The molecule has 6 nitrogen and oxygen atoms in total. The zero-order chi connectivity index (χ0) is 19.1. The highest BCUT2D eigenvalue weighted by molar-refractivity contribution is 8.26. The molecule has 1 aliphatic heterocycles. The number of hydrogen-bond donors (Lipinski definition) is 2. The van der Waals surface area contributed by atoms with Crippen LogP contribution in [0.15, 0.2) is 35.2 Å². The van der Waals surface area contributed by atoms with Gasteiger partial charge in [-0.05, 0) is 18.1 Å². The summed E-state index contributed by atoms with van der Waals surface area (Å²) < 4.78 is 0.397. The standard InChI is InChI=1S/C18H20N2O4S2/c1-2-6-13(17(23)24)19-15(21)9-10-20-16(22)14(26-18(20)25)11-12-7-4-3-5-8-12/h3-5,7-8,11,13H,2,6,9-10H2,1H3,(H,19,21)(H,23,24)/b14-11-. The quantitative estimate of drug-likeness (QED) is 0.522. The molecule has 0 radical (unpaired) electrons. The van der Waals surface area contributed by atoms with E-state index in [0.29, 0.717) is 22.1 Å². The van der Waals surface area contributed by atoms with Crippen molar-refractivity contribution in [3.05, 3.63) is 40.8 Å². The predicted molar refractivity (Wildman–Crippen MR) is 105 cm³/mol. The smallest absolute Gasteiger partial charge is 0.326 e. The number of amides is 2. The maximum Gasteiger partial charge on any atom is 0.326 e. The Bertz CT molecular complexity index is 734. The number of nitrogens with zero attached hydrogens (tertiary/aromatic N) is 1. The van der Waals surface area contributed by atoms with Gasteiger partial charge in [-0.15, -0.1) is 0 Å². The monoisotopic (exact) mass is 392 g/mol. The molecule has 1 aromatic rings. The lowest BCUT2D eigenvalue weighted by Gasteiger charge is -2.16. The fourth-order valence-electron chi connectivity index (χ4n) is 2.42. The molecule has 0 bridgehead atoms. The van der Waals surface area contributed by atoms with E-state index in [1.807, 2.05) is 37.3 Å². The van der Waals surface area contributed by atoms with Crippen LogP contribution in [0.4, 0.5) is 0 Å². The van der Waals surface area contributed by atoms with Gasteiger partial charge in [0.1, 0.15) is 10.4 Å².